The molecule has 2 aromatic carbocycles. The molecule has 20 heavy (non-hydrogen) atoms. The third-order valence-electron chi connectivity index (χ3n) is 3.23. The average molecular weight is 269 g/mol. The Morgan fingerprint density at radius 3 is 2.25 bits per heavy atom. The van der Waals surface area contributed by atoms with Gasteiger partial charge in [0, 0.05) is 11.6 Å². The van der Waals surface area contributed by atoms with Gasteiger partial charge in [-0.15, -0.1) is 0 Å². The average Bonchev–Trinajstić information content (AvgIpc) is 2.48. The summed E-state index contributed by atoms with van der Waals surface area (Å²) in [6, 6.07) is 18.2. The smallest absolute Gasteiger partial charge is 0.411 e. The molecule has 0 radical (unpaired) electrons. The molecular formula is C17H19NO2. The zero-order valence-electron chi connectivity index (χ0n) is 11.8. The number of nitrogens with one attached hydrogen (secondary N) is 1. The Balaban J connectivity index is 2.06. The maximum atomic E-state index is 11.3. The van der Waals surface area contributed by atoms with Gasteiger partial charge in [-0.05, 0) is 30.2 Å². The number of amides is 1. The molecular weight excluding hydrogens is 250 g/mol. The summed E-state index contributed by atoms with van der Waals surface area (Å²) in [6.07, 6.45) is -0.420. The van der Waals surface area contributed by atoms with Gasteiger partial charge in [-0.2, -0.15) is 0 Å². The molecule has 0 aliphatic heterocycles. The van der Waals surface area contributed by atoms with Gasteiger partial charge in [-0.25, -0.2) is 4.79 Å². The molecule has 0 fully saturated rings. The number of carbonyl (C=O) groups excluding carboxylic acids is 1. The topological polar surface area (TPSA) is 38.3 Å². The molecule has 0 spiro atoms. The van der Waals surface area contributed by atoms with Crippen molar-refractivity contribution in [2.24, 2.45) is 0 Å². The fourth-order valence-corrected chi connectivity index (χ4v) is 2.07. The van der Waals surface area contributed by atoms with Crippen LogP contribution in [0.2, 0.25) is 0 Å². The van der Waals surface area contributed by atoms with Gasteiger partial charge in [0.25, 0.3) is 0 Å². The highest BCUT2D eigenvalue weighted by Gasteiger charge is 2.08. The van der Waals surface area contributed by atoms with Crippen LogP contribution in [0.5, 0.6) is 0 Å². The maximum absolute atomic E-state index is 11.3. The first-order chi connectivity index (χ1) is 9.70. The molecule has 1 unspecified atom stereocenters. The number of carbonyl (C=O) groups is 1. The summed E-state index contributed by atoms with van der Waals surface area (Å²) in [7, 11) is 0. The molecule has 0 saturated carbocycles. The number of benzene rings is 2. The zero-order chi connectivity index (χ0) is 14.4. The minimum Gasteiger partial charge on any atom is -0.450 e. The maximum Gasteiger partial charge on any atom is 0.411 e. The van der Waals surface area contributed by atoms with Gasteiger partial charge in [0.15, 0.2) is 0 Å². The third kappa shape index (κ3) is 3.60. The van der Waals surface area contributed by atoms with Crippen molar-refractivity contribution in [2.45, 2.75) is 19.8 Å². The molecule has 1 atom stereocenters. The van der Waals surface area contributed by atoms with Gasteiger partial charge in [-0.1, -0.05) is 49.4 Å². The van der Waals surface area contributed by atoms with E-state index in [1.54, 1.807) is 6.92 Å². The van der Waals surface area contributed by atoms with Crippen LogP contribution in [0.1, 0.15) is 30.9 Å². The Labute approximate surface area is 119 Å². The van der Waals surface area contributed by atoms with Crippen LogP contribution in [0.25, 0.3) is 0 Å². The second-order valence-corrected chi connectivity index (χ2v) is 4.60. The predicted molar refractivity (Wildman–Crippen MR) is 81.0 cm³/mol. The van der Waals surface area contributed by atoms with Crippen molar-refractivity contribution in [3.05, 3.63) is 65.7 Å². The first-order valence-corrected chi connectivity index (χ1v) is 6.79. The summed E-state index contributed by atoms with van der Waals surface area (Å²) in [4.78, 5) is 11.3. The Hall–Kier alpha value is -2.29. The molecule has 1 N–H and O–H groups in total. The molecule has 0 aliphatic rings. The van der Waals surface area contributed by atoms with Crippen LogP contribution in [0.3, 0.4) is 0 Å². The van der Waals surface area contributed by atoms with E-state index in [0.717, 1.165) is 5.69 Å². The van der Waals surface area contributed by atoms with Crippen molar-refractivity contribution in [3.63, 3.8) is 0 Å². The Bertz CT molecular complexity index is 549. The molecule has 3 nitrogen and oxygen atoms in total. The number of rotatable bonds is 4. The van der Waals surface area contributed by atoms with Crippen LogP contribution in [0, 0.1) is 0 Å². The second-order valence-electron chi connectivity index (χ2n) is 4.60. The lowest BCUT2D eigenvalue weighted by molar-refractivity contribution is 0.168. The quantitative estimate of drug-likeness (QED) is 0.893. The van der Waals surface area contributed by atoms with Crippen molar-refractivity contribution in [2.75, 3.05) is 11.9 Å². The highest BCUT2D eigenvalue weighted by molar-refractivity contribution is 5.84. The van der Waals surface area contributed by atoms with Crippen molar-refractivity contribution in [1.29, 1.82) is 0 Å². The molecule has 0 aromatic heterocycles. The van der Waals surface area contributed by atoms with Crippen molar-refractivity contribution in [1.82, 2.24) is 0 Å². The predicted octanol–water partition coefficient (Wildman–Crippen LogP) is 4.41. The van der Waals surface area contributed by atoms with E-state index in [9.17, 15) is 4.79 Å². The lowest BCUT2D eigenvalue weighted by atomic mass is 9.93. The van der Waals surface area contributed by atoms with E-state index in [1.165, 1.54) is 11.1 Å². The molecule has 2 rings (SSSR count). The Morgan fingerprint density at radius 2 is 1.65 bits per heavy atom. The van der Waals surface area contributed by atoms with Gasteiger partial charge in [0.2, 0.25) is 0 Å². The minimum atomic E-state index is -0.420. The molecule has 2 aromatic rings. The second kappa shape index (κ2) is 6.75. The molecule has 1 amide bonds. The SMILES string of the molecule is CCOC(=O)Nc1ccc(C(C)c2ccccc2)cc1. The minimum absolute atomic E-state index is 0.327. The third-order valence-corrected chi connectivity index (χ3v) is 3.23. The summed E-state index contributed by atoms with van der Waals surface area (Å²) in [6.45, 7) is 4.32. The highest BCUT2D eigenvalue weighted by atomic mass is 16.5. The van der Waals surface area contributed by atoms with E-state index in [4.69, 9.17) is 4.74 Å². The van der Waals surface area contributed by atoms with Gasteiger partial charge >= 0.3 is 6.09 Å². The molecule has 0 aliphatic carbocycles. The molecule has 0 bridgehead atoms. The Kier molecular flexibility index (Phi) is 4.77. The van der Waals surface area contributed by atoms with E-state index in [0.29, 0.717) is 12.5 Å². The molecule has 104 valence electrons. The fraction of sp³-hybridized carbons (Fsp3) is 0.235. The highest BCUT2D eigenvalue weighted by Crippen LogP contribution is 2.24. The van der Waals surface area contributed by atoms with Crippen molar-refractivity contribution in [3.8, 4) is 0 Å². The van der Waals surface area contributed by atoms with Crippen molar-refractivity contribution < 1.29 is 9.53 Å². The molecule has 3 heteroatoms. The monoisotopic (exact) mass is 269 g/mol. The van der Waals surface area contributed by atoms with E-state index in [1.807, 2.05) is 42.5 Å². The number of hydrogen-bond acceptors (Lipinski definition) is 2. The normalized spacial score (nSPS) is 11.7. The number of ether oxygens (including phenoxy) is 1. The van der Waals surface area contributed by atoms with E-state index >= 15 is 0 Å². The summed E-state index contributed by atoms with van der Waals surface area (Å²) in [5.74, 6) is 0.327. The first-order valence-electron chi connectivity index (χ1n) is 6.79. The van der Waals surface area contributed by atoms with Crippen LogP contribution in [-0.4, -0.2) is 12.7 Å². The number of hydrogen-bond donors (Lipinski definition) is 1. The molecule has 0 heterocycles. The summed E-state index contributed by atoms with van der Waals surface area (Å²) < 4.78 is 4.84. The lowest BCUT2D eigenvalue weighted by Gasteiger charge is -2.13. The van der Waals surface area contributed by atoms with Gasteiger partial charge in [-0.3, -0.25) is 5.32 Å². The standard InChI is InChI=1S/C17H19NO2/c1-3-20-17(19)18-16-11-9-15(10-12-16)13(2)14-7-5-4-6-8-14/h4-13H,3H2,1-2H3,(H,18,19). The summed E-state index contributed by atoms with van der Waals surface area (Å²) in [5, 5.41) is 2.69. The fourth-order valence-electron chi connectivity index (χ4n) is 2.07. The van der Waals surface area contributed by atoms with Gasteiger partial charge in [0.1, 0.15) is 0 Å². The van der Waals surface area contributed by atoms with Crippen LogP contribution in [0.15, 0.2) is 54.6 Å². The summed E-state index contributed by atoms with van der Waals surface area (Å²) >= 11 is 0. The van der Waals surface area contributed by atoms with Gasteiger partial charge in [0.05, 0.1) is 6.61 Å². The van der Waals surface area contributed by atoms with Crippen molar-refractivity contribution >= 4 is 11.8 Å². The van der Waals surface area contributed by atoms with E-state index in [2.05, 4.69) is 24.4 Å². The zero-order valence-corrected chi connectivity index (χ0v) is 11.8. The Morgan fingerprint density at radius 1 is 1.05 bits per heavy atom. The molecule has 0 saturated heterocycles. The van der Waals surface area contributed by atoms with Gasteiger partial charge < -0.3 is 4.74 Å². The van der Waals surface area contributed by atoms with Crippen LogP contribution in [0.4, 0.5) is 10.5 Å². The van der Waals surface area contributed by atoms with E-state index in [-0.39, 0.29) is 0 Å². The summed E-state index contributed by atoms with van der Waals surface area (Å²) in [5.41, 5.74) is 3.23. The largest absolute Gasteiger partial charge is 0.450 e. The lowest BCUT2D eigenvalue weighted by Crippen LogP contribution is -2.13. The van der Waals surface area contributed by atoms with Crippen LogP contribution >= 0.6 is 0 Å². The van der Waals surface area contributed by atoms with Crippen LogP contribution < -0.4 is 5.32 Å². The number of anilines is 1. The van der Waals surface area contributed by atoms with E-state index < -0.39 is 6.09 Å². The van der Waals surface area contributed by atoms with Crippen LogP contribution in [-0.2, 0) is 4.74 Å². The first kappa shape index (κ1) is 14.1.